The molecule has 1 radical (unpaired) electrons. The molecule has 1 rings (SSSR count). The molecule has 0 aliphatic rings. The third-order valence-corrected chi connectivity index (χ3v) is 3.63. The fraction of sp³-hybridized carbons (Fsp3) is 0.250. The van der Waals surface area contributed by atoms with Crippen LogP contribution in [0.2, 0.25) is 0 Å². The summed E-state index contributed by atoms with van der Waals surface area (Å²) in [5, 5.41) is 11.1. The Kier molecular flexibility index (Phi) is 5.35. The lowest BCUT2D eigenvalue weighted by atomic mass is 10.2. The lowest BCUT2D eigenvalue weighted by molar-refractivity contribution is 0.0821. The number of hydrogen-bond acceptors (Lipinski definition) is 3. The van der Waals surface area contributed by atoms with Crippen LogP contribution < -0.4 is 0 Å². The normalized spacial score (nSPS) is 11.9. The smallest absolute Gasteiger partial charge is 0.330 e. The van der Waals surface area contributed by atoms with Gasteiger partial charge in [-0.3, -0.25) is 0 Å². The summed E-state index contributed by atoms with van der Waals surface area (Å²) in [7, 11) is 1.38. The minimum Gasteiger partial charge on any atom is -0.466 e. The van der Waals surface area contributed by atoms with Crippen LogP contribution in [-0.2, 0) is 9.84 Å². The highest BCUT2D eigenvalue weighted by atomic mass is 32.2. The Hall–Kier alpha value is -1.00. The van der Waals surface area contributed by atoms with Gasteiger partial charge in [0.15, 0.2) is 0 Å². The SMILES string of the molecule is COC([O])=C(C)CSC(=S)c1ccccc1. The van der Waals surface area contributed by atoms with Crippen molar-refractivity contribution >= 4 is 28.2 Å². The van der Waals surface area contributed by atoms with Crippen LogP contribution in [0.25, 0.3) is 0 Å². The topological polar surface area (TPSA) is 29.1 Å². The Balaban J connectivity index is 2.55. The lowest BCUT2D eigenvalue weighted by Crippen LogP contribution is -1.96. The molecule has 0 N–H and O–H groups in total. The molecule has 0 bridgehead atoms. The van der Waals surface area contributed by atoms with Gasteiger partial charge in [-0.05, 0) is 12.5 Å². The molecular weight excluding hydrogens is 240 g/mol. The van der Waals surface area contributed by atoms with E-state index in [1.807, 2.05) is 30.3 Å². The first-order chi connectivity index (χ1) is 7.65. The lowest BCUT2D eigenvalue weighted by Gasteiger charge is -2.04. The standard InChI is InChI=1S/C12H13O2S2/c1-9(11(13)14-2)8-16-12(15)10-6-4-3-5-7-10/h3-7H,8H2,1-2H3. The third-order valence-electron chi connectivity index (χ3n) is 1.96. The molecule has 1 aromatic rings. The number of ether oxygens (including phenoxy) is 1. The zero-order valence-corrected chi connectivity index (χ0v) is 10.9. The molecule has 4 heteroatoms. The molecule has 0 amide bonds. The van der Waals surface area contributed by atoms with E-state index in [2.05, 4.69) is 4.74 Å². The van der Waals surface area contributed by atoms with Gasteiger partial charge in [-0.1, -0.05) is 42.5 Å². The predicted octanol–water partition coefficient (Wildman–Crippen LogP) is 3.40. The molecule has 0 saturated heterocycles. The van der Waals surface area contributed by atoms with Crippen molar-refractivity contribution in [3.63, 3.8) is 0 Å². The van der Waals surface area contributed by atoms with Crippen LogP contribution in [0.1, 0.15) is 12.5 Å². The van der Waals surface area contributed by atoms with E-state index in [1.165, 1.54) is 18.9 Å². The van der Waals surface area contributed by atoms with Crippen molar-refractivity contribution in [1.82, 2.24) is 0 Å². The molecule has 0 saturated carbocycles. The Bertz CT molecular complexity index is 385. The van der Waals surface area contributed by atoms with E-state index in [0.717, 1.165) is 9.76 Å². The number of hydrogen-bond donors (Lipinski definition) is 0. The van der Waals surface area contributed by atoms with Crippen LogP contribution in [0, 0.1) is 0 Å². The summed E-state index contributed by atoms with van der Waals surface area (Å²) in [5.41, 5.74) is 1.69. The Labute approximate surface area is 105 Å². The molecule has 0 fully saturated rings. The van der Waals surface area contributed by atoms with Crippen molar-refractivity contribution < 1.29 is 9.84 Å². The fourth-order valence-corrected chi connectivity index (χ4v) is 2.15. The van der Waals surface area contributed by atoms with Crippen molar-refractivity contribution in [3.05, 3.63) is 47.4 Å². The van der Waals surface area contributed by atoms with Crippen molar-refractivity contribution in [1.29, 1.82) is 0 Å². The van der Waals surface area contributed by atoms with E-state index in [-0.39, 0.29) is 5.95 Å². The highest BCUT2D eigenvalue weighted by Gasteiger charge is 2.06. The maximum Gasteiger partial charge on any atom is 0.330 e. The highest BCUT2D eigenvalue weighted by Crippen LogP contribution is 2.18. The van der Waals surface area contributed by atoms with E-state index < -0.39 is 0 Å². The largest absolute Gasteiger partial charge is 0.466 e. The second-order valence-corrected chi connectivity index (χ2v) is 4.87. The van der Waals surface area contributed by atoms with E-state index in [9.17, 15) is 5.11 Å². The zero-order chi connectivity index (χ0) is 12.0. The minimum atomic E-state index is -0.275. The molecule has 85 valence electrons. The summed E-state index contributed by atoms with van der Waals surface area (Å²) < 4.78 is 5.41. The van der Waals surface area contributed by atoms with Gasteiger partial charge < -0.3 is 4.74 Å². The molecule has 0 unspecified atom stereocenters. The summed E-state index contributed by atoms with van der Waals surface area (Å²) in [6.07, 6.45) is 0. The quantitative estimate of drug-likeness (QED) is 0.608. The summed E-state index contributed by atoms with van der Waals surface area (Å²) in [4.78, 5) is 0. The fourth-order valence-electron chi connectivity index (χ4n) is 1.06. The van der Waals surface area contributed by atoms with E-state index >= 15 is 0 Å². The Morgan fingerprint density at radius 1 is 1.38 bits per heavy atom. The highest BCUT2D eigenvalue weighted by molar-refractivity contribution is 8.23. The van der Waals surface area contributed by atoms with Crippen LogP contribution in [0.15, 0.2) is 41.9 Å². The number of thioether (sulfide) groups is 1. The van der Waals surface area contributed by atoms with E-state index in [4.69, 9.17) is 12.2 Å². The van der Waals surface area contributed by atoms with Gasteiger partial charge >= 0.3 is 5.95 Å². The summed E-state index contributed by atoms with van der Waals surface area (Å²) >= 11 is 6.73. The number of methoxy groups -OCH3 is 1. The van der Waals surface area contributed by atoms with Gasteiger partial charge in [-0.2, -0.15) is 0 Å². The molecule has 0 spiro atoms. The van der Waals surface area contributed by atoms with Gasteiger partial charge in [0.2, 0.25) is 0 Å². The average Bonchev–Trinajstić information content (AvgIpc) is 2.35. The van der Waals surface area contributed by atoms with Gasteiger partial charge in [-0.15, -0.1) is 11.8 Å². The predicted molar refractivity (Wildman–Crippen MR) is 71.0 cm³/mol. The monoisotopic (exact) mass is 253 g/mol. The van der Waals surface area contributed by atoms with Gasteiger partial charge in [0.1, 0.15) is 0 Å². The Morgan fingerprint density at radius 3 is 2.56 bits per heavy atom. The first-order valence-electron chi connectivity index (χ1n) is 4.78. The van der Waals surface area contributed by atoms with Crippen molar-refractivity contribution in [2.75, 3.05) is 12.9 Å². The second-order valence-electron chi connectivity index (χ2n) is 3.21. The number of thiocarbonyl (C=S) groups is 1. The molecule has 0 atom stereocenters. The van der Waals surface area contributed by atoms with Crippen molar-refractivity contribution in [2.45, 2.75) is 6.92 Å². The van der Waals surface area contributed by atoms with Gasteiger partial charge in [0.25, 0.3) is 0 Å². The molecule has 0 aromatic heterocycles. The Morgan fingerprint density at radius 2 is 2.00 bits per heavy atom. The molecule has 0 aliphatic heterocycles. The molecule has 0 aliphatic carbocycles. The average molecular weight is 253 g/mol. The second kappa shape index (κ2) is 6.55. The van der Waals surface area contributed by atoms with Gasteiger partial charge in [0.05, 0.1) is 11.3 Å². The molecular formula is C12H13O2S2. The molecule has 0 heterocycles. The van der Waals surface area contributed by atoms with E-state index in [1.54, 1.807) is 6.92 Å². The van der Waals surface area contributed by atoms with Crippen molar-refractivity contribution in [2.24, 2.45) is 0 Å². The maximum atomic E-state index is 11.1. The molecule has 2 nitrogen and oxygen atoms in total. The zero-order valence-electron chi connectivity index (χ0n) is 9.23. The molecule has 1 aromatic carbocycles. The first kappa shape index (κ1) is 13.1. The minimum absolute atomic E-state index is 0.275. The van der Waals surface area contributed by atoms with Crippen LogP contribution >= 0.6 is 24.0 Å². The van der Waals surface area contributed by atoms with Crippen LogP contribution in [0.3, 0.4) is 0 Å². The summed E-state index contributed by atoms with van der Waals surface area (Å²) in [6.45, 7) is 1.76. The summed E-state index contributed by atoms with van der Waals surface area (Å²) in [6, 6.07) is 9.76. The van der Waals surface area contributed by atoms with E-state index in [0.29, 0.717) is 11.3 Å². The third kappa shape index (κ3) is 3.87. The van der Waals surface area contributed by atoms with Crippen molar-refractivity contribution in [3.8, 4) is 0 Å². The molecule has 16 heavy (non-hydrogen) atoms. The van der Waals surface area contributed by atoms with Crippen LogP contribution in [-0.4, -0.2) is 17.1 Å². The van der Waals surface area contributed by atoms with Gasteiger partial charge in [-0.25, -0.2) is 5.11 Å². The van der Waals surface area contributed by atoms with Crippen LogP contribution in [0.4, 0.5) is 0 Å². The first-order valence-corrected chi connectivity index (χ1v) is 6.17. The van der Waals surface area contributed by atoms with Gasteiger partial charge in [0, 0.05) is 11.3 Å². The number of benzene rings is 1. The number of rotatable bonds is 4. The summed E-state index contributed by atoms with van der Waals surface area (Å²) in [5.74, 6) is 0.295. The maximum absolute atomic E-state index is 11.1. The van der Waals surface area contributed by atoms with Crippen LogP contribution in [0.5, 0.6) is 0 Å².